The summed E-state index contributed by atoms with van der Waals surface area (Å²) in [5, 5.41) is 0. The highest BCUT2D eigenvalue weighted by atomic mass is 32.2. The Balaban J connectivity index is 2.49. The third-order valence-electron chi connectivity index (χ3n) is 3.04. The number of nitrogens with two attached hydrogens (primary N) is 1. The Morgan fingerprint density at radius 3 is 2.47 bits per heavy atom. The van der Waals surface area contributed by atoms with Crippen molar-refractivity contribution in [2.24, 2.45) is 5.73 Å². The van der Waals surface area contributed by atoms with Crippen LogP contribution in [0.5, 0.6) is 0 Å². The Bertz CT molecular complexity index is 388. The zero-order valence-electron chi connectivity index (χ0n) is 8.52. The van der Waals surface area contributed by atoms with Gasteiger partial charge in [-0.3, -0.25) is 0 Å². The van der Waals surface area contributed by atoms with E-state index in [1.165, 1.54) is 12.1 Å². The van der Waals surface area contributed by atoms with Crippen molar-refractivity contribution in [2.75, 3.05) is 6.26 Å². The fourth-order valence-corrected chi connectivity index (χ4v) is 2.48. The smallest absolute Gasteiger partial charge is 0.144 e. The third kappa shape index (κ3) is 1.66. The van der Waals surface area contributed by atoms with Crippen molar-refractivity contribution < 1.29 is 8.78 Å². The lowest BCUT2D eigenvalue weighted by Gasteiger charge is -2.39. The minimum atomic E-state index is -0.567. The first-order chi connectivity index (χ1) is 7.08. The SMILES string of the molecule is CSc1c(F)ccc(C2(N)CCC2)c1F. The highest BCUT2D eigenvalue weighted by Crippen LogP contribution is 2.41. The van der Waals surface area contributed by atoms with E-state index in [1.807, 2.05) is 0 Å². The van der Waals surface area contributed by atoms with Gasteiger partial charge < -0.3 is 5.73 Å². The van der Waals surface area contributed by atoms with Crippen LogP contribution in [0.1, 0.15) is 24.8 Å². The van der Waals surface area contributed by atoms with Crippen molar-refractivity contribution in [2.45, 2.75) is 29.7 Å². The molecule has 0 bridgehead atoms. The molecule has 0 heterocycles. The lowest BCUT2D eigenvalue weighted by molar-refractivity contribution is 0.243. The van der Waals surface area contributed by atoms with Gasteiger partial charge in [0.1, 0.15) is 11.6 Å². The van der Waals surface area contributed by atoms with Gasteiger partial charge in [0.15, 0.2) is 0 Å². The third-order valence-corrected chi connectivity index (χ3v) is 3.82. The summed E-state index contributed by atoms with van der Waals surface area (Å²) in [4.78, 5) is 0.0734. The van der Waals surface area contributed by atoms with Crippen molar-refractivity contribution >= 4 is 11.8 Å². The van der Waals surface area contributed by atoms with E-state index in [0.717, 1.165) is 31.0 Å². The summed E-state index contributed by atoms with van der Waals surface area (Å²) < 4.78 is 27.1. The Kier molecular flexibility index (Phi) is 2.73. The maximum absolute atomic E-state index is 13.9. The highest BCUT2D eigenvalue weighted by Gasteiger charge is 2.37. The van der Waals surface area contributed by atoms with Crippen molar-refractivity contribution in [3.8, 4) is 0 Å². The normalized spacial score (nSPS) is 18.7. The number of benzene rings is 1. The molecule has 15 heavy (non-hydrogen) atoms. The number of hydrogen-bond donors (Lipinski definition) is 1. The molecule has 1 aliphatic rings. The molecule has 2 rings (SSSR count). The van der Waals surface area contributed by atoms with Crippen LogP contribution in [0.3, 0.4) is 0 Å². The van der Waals surface area contributed by atoms with Crippen LogP contribution in [0.15, 0.2) is 17.0 Å². The zero-order chi connectivity index (χ0) is 11.1. The molecule has 2 N–H and O–H groups in total. The molecule has 1 aromatic rings. The Labute approximate surface area is 92.0 Å². The molecule has 1 nitrogen and oxygen atoms in total. The van der Waals surface area contributed by atoms with Crippen molar-refractivity contribution in [1.29, 1.82) is 0 Å². The van der Waals surface area contributed by atoms with E-state index >= 15 is 0 Å². The second-order valence-electron chi connectivity index (χ2n) is 3.95. The fourth-order valence-electron chi connectivity index (χ4n) is 1.93. The topological polar surface area (TPSA) is 26.0 Å². The van der Waals surface area contributed by atoms with Crippen LogP contribution in [0.4, 0.5) is 8.78 Å². The van der Waals surface area contributed by atoms with Gasteiger partial charge in [-0.1, -0.05) is 6.07 Å². The molecule has 1 saturated carbocycles. The van der Waals surface area contributed by atoms with Gasteiger partial charge >= 0.3 is 0 Å². The van der Waals surface area contributed by atoms with Gasteiger partial charge in [0, 0.05) is 11.1 Å². The van der Waals surface area contributed by atoms with Gasteiger partial charge in [-0.15, -0.1) is 11.8 Å². The van der Waals surface area contributed by atoms with Crippen LogP contribution in [-0.2, 0) is 5.54 Å². The molecule has 0 aromatic heterocycles. The van der Waals surface area contributed by atoms with Crippen molar-refractivity contribution in [1.82, 2.24) is 0 Å². The van der Waals surface area contributed by atoms with E-state index in [9.17, 15) is 8.78 Å². The van der Waals surface area contributed by atoms with E-state index in [1.54, 1.807) is 6.26 Å². The van der Waals surface area contributed by atoms with Gasteiger partial charge in [-0.05, 0) is 31.6 Å². The number of rotatable bonds is 2. The fraction of sp³-hybridized carbons (Fsp3) is 0.455. The number of hydrogen-bond acceptors (Lipinski definition) is 2. The van der Waals surface area contributed by atoms with Crippen LogP contribution in [0, 0.1) is 11.6 Å². The van der Waals surface area contributed by atoms with Crippen LogP contribution in [-0.4, -0.2) is 6.26 Å². The highest BCUT2D eigenvalue weighted by molar-refractivity contribution is 7.98. The molecule has 1 aromatic carbocycles. The van der Waals surface area contributed by atoms with Crippen LogP contribution in [0.25, 0.3) is 0 Å². The number of thioether (sulfide) groups is 1. The molecule has 0 saturated heterocycles. The molecule has 1 fully saturated rings. The minimum absolute atomic E-state index is 0.0734. The molecule has 0 aliphatic heterocycles. The van der Waals surface area contributed by atoms with Crippen LogP contribution in [0.2, 0.25) is 0 Å². The number of halogens is 2. The maximum Gasteiger partial charge on any atom is 0.144 e. The predicted molar refractivity (Wildman–Crippen MR) is 57.9 cm³/mol. The van der Waals surface area contributed by atoms with Gasteiger partial charge in [0.05, 0.1) is 4.90 Å². The molecule has 82 valence electrons. The summed E-state index contributed by atoms with van der Waals surface area (Å²) in [6.45, 7) is 0. The molecule has 0 radical (unpaired) electrons. The van der Waals surface area contributed by atoms with Gasteiger partial charge in [0.25, 0.3) is 0 Å². The minimum Gasteiger partial charge on any atom is -0.321 e. The zero-order valence-corrected chi connectivity index (χ0v) is 9.33. The lowest BCUT2D eigenvalue weighted by atomic mass is 9.72. The maximum atomic E-state index is 13.9. The lowest BCUT2D eigenvalue weighted by Crippen LogP contribution is -2.44. The van der Waals surface area contributed by atoms with Gasteiger partial charge in [-0.25, -0.2) is 8.78 Å². The summed E-state index contributed by atoms with van der Waals surface area (Å²) in [6.07, 6.45) is 4.24. The molecular weight excluding hydrogens is 216 g/mol. The average Bonchev–Trinajstić information content (AvgIpc) is 2.15. The molecule has 0 spiro atoms. The molecule has 4 heteroatoms. The molecule has 1 aliphatic carbocycles. The Hall–Kier alpha value is -0.610. The second-order valence-corrected chi connectivity index (χ2v) is 4.77. The second kappa shape index (κ2) is 3.76. The summed E-state index contributed by atoms with van der Waals surface area (Å²) in [5.74, 6) is -0.989. The standard InChI is InChI=1S/C11H13F2NS/c1-15-10-8(12)4-3-7(9(10)13)11(14)5-2-6-11/h3-4H,2,5-6,14H2,1H3. The molecular formula is C11H13F2NS. The Morgan fingerprint density at radius 1 is 1.33 bits per heavy atom. The predicted octanol–water partition coefficient (Wildman–Crippen LogP) is 3.02. The quantitative estimate of drug-likeness (QED) is 0.789. The van der Waals surface area contributed by atoms with E-state index in [2.05, 4.69) is 0 Å². The molecule has 0 unspecified atom stereocenters. The molecule has 0 amide bonds. The van der Waals surface area contributed by atoms with Crippen molar-refractivity contribution in [3.05, 3.63) is 29.3 Å². The van der Waals surface area contributed by atoms with E-state index in [-0.39, 0.29) is 4.90 Å². The summed E-state index contributed by atoms with van der Waals surface area (Å²) in [7, 11) is 0. The molecule has 0 atom stereocenters. The average molecular weight is 229 g/mol. The first kappa shape index (κ1) is 10.9. The van der Waals surface area contributed by atoms with E-state index in [0.29, 0.717) is 5.56 Å². The first-order valence-corrected chi connectivity index (χ1v) is 6.12. The first-order valence-electron chi connectivity index (χ1n) is 4.90. The Morgan fingerprint density at radius 2 is 2.00 bits per heavy atom. The van der Waals surface area contributed by atoms with Crippen LogP contribution < -0.4 is 5.73 Å². The summed E-state index contributed by atoms with van der Waals surface area (Å²) in [6, 6.07) is 2.78. The van der Waals surface area contributed by atoms with E-state index < -0.39 is 17.2 Å². The van der Waals surface area contributed by atoms with E-state index in [4.69, 9.17) is 5.73 Å². The summed E-state index contributed by atoms with van der Waals surface area (Å²) >= 11 is 1.08. The van der Waals surface area contributed by atoms with Gasteiger partial charge in [-0.2, -0.15) is 0 Å². The van der Waals surface area contributed by atoms with Gasteiger partial charge in [0.2, 0.25) is 0 Å². The summed E-state index contributed by atoms with van der Waals surface area (Å²) in [5.41, 5.74) is 5.92. The monoisotopic (exact) mass is 229 g/mol. The van der Waals surface area contributed by atoms with Crippen molar-refractivity contribution in [3.63, 3.8) is 0 Å². The van der Waals surface area contributed by atoms with Crippen LogP contribution >= 0.6 is 11.8 Å². The largest absolute Gasteiger partial charge is 0.321 e.